The molecule has 3 rings (SSSR count). The first-order valence-electron chi connectivity index (χ1n) is 8.53. The molecule has 5 heteroatoms. The van der Waals surface area contributed by atoms with E-state index in [9.17, 15) is 14.6 Å². The molecule has 1 aliphatic heterocycles. The number of β-amino-alcohol motifs (C(OH)–C–C–N with tert-alkyl or cyclic N) is 1. The zero-order chi connectivity index (χ0) is 17.9. The number of benzene rings is 2. The molecule has 2 N–H and O–H groups in total. The Labute approximate surface area is 147 Å². The maximum atomic E-state index is 13.0. The second-order valence-corrected chi connectivity index (χ2v) is 6.63. The van der Waals surface area contributed by atoms with E-state index in [0.29, 0.717) is 38.0 Å². The Morgan fingerprint density at radius 2 is 1.68 bits per heavy atom. The van der Waals surface area contributed by atoms with Crippen LogP contribution in [0.15, 0.2) is 48.5 Å². The number of aliphatic hydroxyl groups excluding tert-OH is 1. The molecule has 25 heavy (non-hydrogen) atoms. The lowest BCUT2D eigenvalue weighted by atomic mass is 9.84. The Hall–Kier alpha value is -1.95. The molecule has 0 spiro atoms. The van der Waals surface area contributed by atoms with E-state index in [4.69, 9.17) is 4.74 Å². The third-order valence-corrected chi connectivity index (χ3v) is 5.00. The molecule has 1 fully saturated rings. The van der Waals surface area contributed by atoms with Gasteiger partial charge >= 0.3 is 0 Å². The highest BCUT2D eigenvalue weighted by atomic mass is 19.1. The highest BCUT2D eigenvalue weighted by molar-refractivity contribution is 5.31. The van der Waals surface area contributed by atoms with Gasteiger partial charge in [0.05, 0.1) is 18.8 Å². The van der Waals surface area contributed by atoms with Crippen molar-refractivity contribution in [1.82, 2.24) is 4.90 Å². The van der Waals surface area contributed by atoms with Gasteiger partial charge in [-0.1, -0.05) is 24.3 Å². The molecule has 0 aromatic heterocycles. The van der Waals surface area contributed by atoms with Crippen molar-refractivity contribution in [2.75, 3.05) is 26.7 Å². The lowest BCUT2D eigenvalue weighted by Crippen LogP contribution is -2.43. The molecular formula is C20H24FNO3. The first kappa shape index (κ1) is 17.9. The number of nitrogens with zero attached hydrogens (tertiary/aromatic N) is 1. The van der Waals surface area contributed by atoms with E-state index in [0.717, 1.165) is 11.3 Å². The molecule has 4 nitrogen and oxygen atoms in total. The summed E-state index contributed by atoms with van der Waals surface area (Å²) in [5, 5.41) is 21.3. The van der Waals surface area contributed by atoms with Gasteiger partial charge in [-0.2, -0.15) is 0 Å². The van der Waals surface area contributed by atoms with Gasteiger partial charge < -0.3 is 19.8 Å². The molecule has 1 saturated heterocycles. The van der Waals surface area contributed by atoms with Crippen molar-refractivity contribution >= 4 is 0 Å². The molecule has 1 aliphatic rings. The van der Waals surface area contributed by atoms with Crippen LogP contribution in [-0.4, -0.2) is 41.9 Å². The summed E-state index contributed by atoms with van der Waals surface area (Å²) in [4.78, 5) is 2.13. The number of ether oxygens (including phenoxy) is 1. The average molecular weight is 345 g/mol. The van der Waals surface area contributed by atoms with Crippen molar-refractivity contribution in [3.05, 3.63) is 65.5 Å². The van der Waals surface area contributed by atoms with Crippen molar-refractivity contribution < 1.29 is 19.3 Å². The van der Waals surface area contributed by atoms with Crippen LogP contribution < -0.4 is 4.74 Å². The van der Waals surface area contributed by atoms with Crippen LogP contribution in [0.5, 0.6) is 5.75 Å². The predicted octanol–water partition coefficient (Wildman–Crippen LogP) is 2.85. The number of methoxy groups -OCH3 is 1. The van der Waals surface area contributed by atoms with Gasteiger partial charge in [0.2, 0.25) is 0 Å². The monoisotopic (exact) mass is 345 g/mol. The average Bonchev–Trinajstić information content (AvgIpc) is 2.64. The normalized spacial score (nSPS) is 18.7. The minimum Gasteiger partial charge on any atom is -0.497 e. The Morgan fingerprint density at radius 1 is 1.08 bits per heavy atom. The molecule has 134 valence electrons. The lowest BCUT2D eigenvalue weighted by molar-refractivity contribution is -0.0345. The highest BCUT2D eigenvalue weighted by Gasteiger charge is 2.34. The number of hydrogen-bond acceptors (Lipinski definition) is 4. The fraction of sp³-hybridized carbons (Fsp3) is 0.400. The third kappa shape index (κ3) is 4.18. The van der Waals surface area contributed by atoms with Crippen LogP contribution >= 0.6 is 0 Å². The first-order chi connectivity index (χ1) is 12.0. The van der Waals surface area contributed by atoms with Crippen LogP contribution in [0.2, 0.25) is 0 Å². The summed E-state index contributed by atoms with van der Waals surface area (Å²) >= 11 is 0. The van der Waals surface area contributed by atoms with Crippen LogP contribution in [0, 0.1) is 5.82 Å². The van der Waals surface area contributed by atoms with E-state index in [1.54, 1.807) is 19.2 Å². The Bertz CT molecular complexity index is 679. The van der Waals surface area contributed by atoms with E-state index < -0.39 is 11.7 Å². The van der Waals surface area contributed by atoms with Gasteiger partial charge in [-0.05, 0) is 48.2 Å². The van der Waals surface area contributed by atoms with Gasteiger partial charge in [0.15, 0.2) is 0 Å². The summed E-state index contributed by atoms with van der Waals surface area (Å²) in [5.41, 5.74) is 0.758. The zero-order valence-corrected chi connectivity index (χ0v) is 14.4. The summed E-state index contributed by atoms with van der Waals surface area (Å²) < 4.78 is 18.1. The quantitative estimate of drug-likeness (QED) is 0.875. The van der Waals surface area contributed by atoms with Gasteiger partial charge in [0.25, 0.3) is 0 Å². The molecule has 0 saturated carbocycles. The van der Waals surface area contributed by atoms with Crippen LogP contribution in [0.3, 0.4) is 0 Å². The van der Waals surface area contributed by atoms with Crippen molar-refractivity contribution in [1.29, 1.82) is 0 Å². The van der Waals surface area contributed by atoms with E-state index in [2.05, 4.69) is 4.90 Å². The van der Waals surface area contributed by atoms with Gasteiger partial charge in [-0.3, -0.25) is 0 Å². The molecule has 0 radical (unpaired) electrons. The Kier molecular flexibility index (Phi) is 5.37. The molecule has 2 aromatic rings. The number of rotatable bonds is 5. The van der Waals surface area contributed by atoms with Gasteiger partial charge in [-0.15, -0.1) is 0 Å². The van der Waals surface area contributed by atoms with Gasteiger partial charge in [-0.25, -0.2) is 4.39 Å². The number of aliphatic hydroxyl groups is 2. The number of halogens is 1. The van der Waals surface area contributed by atoms with E-state index in [-0.39, 0.29) is 5.82 Å². The Morgan fingerprint density at radius 3 is 2.24 bits per heavy atom. The molecule has 0 amide bonds. The van der Waals surface area contributed by atoms with Crippen LogP contribution in [0.25, 0.3) is 0 Å². The van der Waals surface area contributed by atoms with E-state index >= 15 is 0 Å². The molecule has 1 unspecified atom stereocenters. The summed E-state index contributed by atoms with van der Waals surface area (Å²) in [7, 11) is 1.62. The number of hydrogen-bond donors (Lipinski definition) is 2. The smallest absolute Gasteiger partial charge is 0.123 e. The fourth-order valence-electron chi connectivity index (χ4n) is 3.33. The largest absolute Gasteiger partial charge is 0.497 e. The molecular weight excluding hydrogens is 321 g/mol. The first-order valence-corrected chi connectivity index (χ1v) is 8.53. The van der Waals surface area contributed by atoms with Crippen molar-refractivity contribution in [3.63, 3.8) is 0 Å². The SMILES string of the molecule is COc1ccc(C2(O)CCN(CC(O)c3ccc(F)cc3)CC2)cc1. The second-order valence-electron chi connectivity index (χ2n) is 6.63. The van der Waals surface area contributed by atoms with E-state index in [1.165, 1.54) is 12.1 Å². The number of likely N-dealkylation sites (tertiary alicyclic amines) is 1. The van der Waals surface area contributed by atoms with Crippen molar-refractivity contribution in [3.8, 4) is 5.75 Å². The van der Waals surface area contributed by atoms with Crippen LogP contribution in [0.4, 0.5) is 4.39 Å². The Balaban J connectivity index is 1.58. The lowest BCUT2D eigenvalue weighted by Gasteiger charge is -2.39. The molecule has 1 atom stereocenters. The van der Waals surface area contributed by atoms with Gasteiger partial charge in [0, 0.05) is 19.6 Å². The van der Waals surface area contributed by atoms with Gasteiger partial charge in [0.1, 0.15) is 11.6 Å². The topological polar surface area (TPSA) is 52.9 Å². The molecule has 0 bridgehead atoms. The van der Waals surface area contributed by atoms with E-state index in [1.807, 2.05) is 24.3 Å². The summed E-state index contributed by atoms with van der Waals surface area (Å²) in [6, 6.07) is 13.5. The standard InChI is InChI=1S/C20H24FNO3/c1-25-18-8-4-16(5-9-18)20(24)10-12-22(13-11-20)14-19(23)15-2-6-17(21)7-3-15/h2-9,19,23-24H,10-14H2,1H3. The minimum absolute atomic E-state index is 0.307. The maximum absolute atomic E-state index is 13.0. The maximum Gasteiger partial charge on any atom is 0.123 e. The molecule has 0 aliphatic carbocycles. The summed E-state index contributed by atoms with van der Waals surface area (Å²) in [6.45, 7) is 1.87. The fourth-order valence-corrected chi connectivity index (χ4v) is 3.33. The highest BCUT2D eigenvalue weighted by Crippen LogP contribution is 2.34. The molecule has 2 aromatic carbocycles. The minimum atomic E-state index is -0.844. The number of piperidine rings is 1. The van der Waals surface area contributed by atoms with Crippen LogP contribution in [0.1, 0.15) is 30.1 Å². The predicted molar refractivity (Wildman–Crippen MR) is 93.9 cm³/mol. The second kappa shape index (κ2) is 7.52. The molecule has 1 heterocycles. The summed E-state index contributed by atoms with van der Waals surface area (Å²) in [6.07, 6.45) is 0.554. The van der Waals surface area contributed by atoms with Crippen molar-refractivity contribution in [2.24, 2.45) is 0 Å². The van der Waals surface area contributed by atoms with Crippen molar-refractivity contribution in [2.45, 2.75) is 24.5 Å². The van der Waals surface area contributed by atoms with Crippen LogP contribution in [-0.2, 0) is 5.60 Å². The summed E-state index contributed by atoms with van der Waals surface area (Å²) in [5.74, 6) is 0.464. The zero-order valence-electron chi connectivity index (χ0n) is 14.4. The third-order valence-electron chi connectivity index (χ3n) is 5.00.